The zero-order valence-corrected chi connectivity index (χ0v) is 24.9. The minimum Gasteiger partial charge on any atom is -0.396 e. The molecule has 3 heterocycles. The molecule has 13 heteroatoms. The summed E-state index contributed by atoms with van der Waals surface area (Å²) in [5.74, 6) is 1.09. The van der Waals surface area contributed by atoms with Crippen molar-refractivity contribution in [3.05, 3.63) is 47.1 Å². The number of ether oxygens (including phenoxy) is 1. The van der Waals surface area contributed by atoms with E-state index in [4.69, 9.17) is 19.8 Å². The Morgan fingerprint density at radius 1 is 1.20 bits per heavy atom. The fourth-order valence-corrected chi connectivity index (χ4v) is 8.86. The number of aliphatic hydroxyl groups excluding tert-OH is 1. The third-order valence-corrected chi connectivity index (χ3v) is 11.5. The number of sulfone groups is 1. The normalized spacial score (nSPS) is 18.8. The number of carbonyl (C=O) groups excluding carboxylic acids is 1. The van der Waals surface area contributed by atoms with E-state index in [1.54, 1.807) is 24.4 Å². The zero-order valence-electron chi connectivity index (χ0n) is 23.3. The fraction of sp³-hybridized carbons (Fsp3) is 0.500. The van der Waals surface area contributed by atoms with Crippen molar-refractivity contribution in [1.82, 2.24) is 20.3 Å². The van der Waals surface area contributed by atoms with Gasteiger partial charge < -0.3 is 25.4 Å². The lowest BCUT2D eigenvalue weighted by Gasteiger charge is -2.35. The van der Waals surface area contributed by atoms with E-state index >= 15 is 0 Å². The Bertz CT molecular complexity index is 1470. The molecule has 3 aromatic rings. The molecule has 0 radical (unpaired) electrons. The molecule has 1 aliphatic heterocycles. The molecule has 5 rings (SSSR count). The molecule has 0 unspecified atom stereocenters. The first kappa shape index (κ1) is 29.4. The van der Waals surface area contributed by atoms with Crippen molar-refractivity contribution in [3.8, 4) is 11.4 Å². The average molecular weight is 601 g/mol. The highest BCUT2D eigenvalue weighted by Crippen LogP contribution is 2.49. The molecule has 1 saturated carbocycles. The summed E-state index contributed by atoms with van der Waals surface area (Å²) in [7, 11) is -3.82. The lowest BCUT2D eigenvalue weighted by Crippen LogP contribution is -2.44. The molecule has 1 saturated heterocycles. The van der Waals surface area contributed by atoms with Gasteiger partial charge in [-0.05, 0) is 57.4 Å². The third-order valence-electron chi connectivity index (χ3n) is 7.62. The van der Waals surface area contributed by atoms with Gasteiger partial charge in [0.25, 0.3) is 0 Å². The summed E-state index contributed by atoms with van der Waals surface area (Å²) in [6.45, 7) is 5.98. The van der Waals surface area contributed by atoms with Crippen LogP contribution in [0.25, 0.3) is 11.4 Å². The Labute approximate surface area is 244 Å². The van der Waals surface area contributed by atoms with Crippen molar-refractivity contribution in [2.75, 3.05) is 43.1 Å². The van der Waals surface area contributed by atoms with Crippen LogP contribution in [0.1, 0.15) is 50.4 Å². The summed E-state index contributed by atoms with van der Waals surface area (Å²) in [5, 5.41) is 16.1. The molecule has 2 aliphatic rings. The second-order valence-corrected chi connectivity index (χ2v) is 13.8. The standard InChI is InChI=1S/C28H36N6O5S2/c1-19-18-40-27(30-19)41(37,38)28(10-3-4-11-28)23-16-24(34-13-15-39-17-20(34)2)33-25(32-23)21-6-8-22(9-7-21)31-26(36)29-12-5-14-35/h6-9,16,18,20,35H,3-5,10-15,17H2,1-2H3,(H2,29,31,36)/t20-/m0/s1. The molecule has 2 aromatic heterocycles. The number of anilines is 2. The van der Waals surface area contributed by atoms with Gasteiger partial charge in [0.15, 0.2) is 5.82 Å². The molecule has 220 valence electrons. The summed E-state index contributed by atoms with van der Waals surface area (Å²) in [6, 6.07) is 8.69. The predicted molar refractivity (Wildman–Crippen MR) is 158 cm³/mol. The first-order valence-corrected chi connectivity index (χ1v) is 16.3. The molecule has 1 atom stereocenters. The number of aromatic nitrogens is 3. The second-order valence-electron chi connectivity index (χ2n) is 10.5. The topological polar surface area (TPSA) is 147 Å². The molecule has 0 bridgehead atoms. The number of aryl methyl sites for hydroxylation is 1. The fourth-order valence-electron chi connectivity index (χ4n) is 5.40. The lowest BCUT2D eigenvalue weighted by molar-refractivity contribution is 0.0985. The number of hydrogen-bond donors (Lipinski definition) is 3. The number of amides is 2. The van der Waals surface area contributed by atoms with Gasteiger partial charge in [0.2, 0.25) is 14.2 Å². The van der Waals surface area contributed by atoms with Gasteiger partial charge in [-0.25, -0.2) is 28.2 Å². The van der Waals surface area contributed by atoms with Crippen molar-refractivity contribution in [3.63, 3.8) is 0 Å². The van der Waals surface area contributed by atoms with Gasteiger partial charge in [0, 0.05) is 48.1 Å². The maximum Gasteiger partial charge on any atom is 0.319 e. The Balaban J connectivity index is 1.55. The van der Waals surface area contributed by atoms with E-state index in [1.165, 1.54) is 0 Å². The molecule has 0 spiro atoms. The third kappa shape index (κ3) is 6.08. The number of thiazole rings is 1. The van der Waals surface area contributed by atoms with Crippen LogP contribution in [0.2, 0.25) is 0 Å². The van der Waals surface area contributed by atoms with Gasteiger partial charge in [0.1, 0.15) is 10.6 Å². The van der Waals surface area contributed by atoms with Crippen molar-refractivity contribution >= 4 is 38.7 Å². The lowest BCUT2D eigenvalue weighted by atomic mass is 10.0. The largest absolute Gasteiger partial charge is 0.396 e. The van der Waals surface area contributed by atoms with Crippen molar-refractivity contribution in [2.45, 2.75) is 61.1 Å². The maximum absolute atomic E-state index is 14.2. The zero-order chi connectivity index (χ0) is 29.0. The molecular weight excluding hydrogens is 564 g/mol. The highest BCUT2D eigenvalue weighted by atomic mass is 32.2. The SMILES string of the molecule is Cc1csc(S(=O)(=O)C2(c3cc(N4CCOC[C@@H]4C)nc(-c4ccc(NC(=O)NCCCO)cc4)n3)CCCC2)n1. The highest BCUT2D eigenvalue weighted by Gasteiger charge is 2.51. The minimum atomic E-state index is -3.82. The van der Waals surface area contributed by atoms with E-state index in [9.17, 15) is 13.2 Å². The molecule has 3 N–H and O–H groups in total. The van der Waals surface area contributed by atoms with E-state index < -0.39 is 14.6 Å². The Morgan fingerprint density at radius 2 is 1.95 bits per heavy atom. The van der Waals surface area contributed by atoms with Gasteiger partial charge >= 0.3 is 6.03 Å². The first-order chi connectivity index (χ1) is 19.7. The number of morpholine rings is 1. The van der Waals surface area contributed by atoms with Crippen LogP contribution in [-0.4, -0.2) is 73.5 Å². The maximum atomic E-state index is 14.2. The highest BCUT2D eigenvalue weighted by molar-refractivity contribution is 7.94. The van der Waals surface area contributed by atoms with Gasteiger partial charge in [-0.15, -0.1) is 11.3 Å². The number of urea groups is 1. The van der Waals surface area contributed by atoms with Crippen LogP contribution in [0.4, 0.5) is 16.3 Å². The van der Waals surface area contributed by atoms with Crippen LogP contribution in [0.3, 0.4) is 0 Å². The van der Waals surface area contributed by atoms with Gasteiger partial charge in [-0.2, -0.15) is 0 Å². The number of nitrogens with zero attached hydrogens (tertiary/aromatic N) is 4. The number of rotatable bonds is 9. The summed E-state index contributed by atoms with van der Waals surface area (Å²) >= 11 is 1.16. The van der Waals surface area contributed by atoms with E-state index in [2.05, 4.69) is 27.4 Å². The van der Waals surface area contributed by atoms with Crippen molar-refractivity contribution < 1.29 is 23.1 Å². The predicted octanol–water partition coefficient (Wildman–Crippen LogP) is 3.88. The van der Waals surface area contributed by atoms with E-state index in [0.717, 1.165) is 24.2 Å². The molecule has 1 aromatic carbocycles. The molecule has 2 fully saturated rings. The molecular formula is C28H36N6O5S2. The molecule has 1 aliphatic carbocycles. The Kier molecular flexibility index (Phi) is 8.88. The average Bonchev–Trinajstić information content (AvgIpc) is 3.65. The van der Waals surface area contributed by atoms with E-state index in [0.29, 0.717) is 79.8 Å². The molecule has 11 nitrogen and oxygen atoms in total. The van der Waals surface area contributed by atoms with Crippen LogP contribution < -0.4 is 15.5 Å². The second kappa shape index (κ2) is 12.4. The van der Waals surface area contributed by atoms with E-state index in [-0.39, 0.29) is 23.0 Å². The summed E-state index contributed by atoms with van der Waals surface area (Å²) in [5.41, 5.74) is 2.47. The summed E-state index contributed by atoms with van der Waals surface area (Å²) < 4.78 is 33.0. The Morgan fingerprint density at radius 3 is 2.61 bits per heavy atom. The minimum absolute atomic E-state index is 0.00528. The molecule has 2 amide bonds. The quantitative estimate of drug-likeness (QED) is 0.311. The van der Waals surface area contributed by atoms with Gasteiger partial charge in [0.05, 0.1) is 24.9 Å². The summed E-state index contributed by atoms with van der Waals surface area (Å²) in [6.07, 6.45) is 2.98. The summed E-state index contributed by atoms with van der Waals surface area (Å²) in [4.78, 5) is 28.5. The van der Waals surface area contributed by atoms with Gasteiger partial charge in [-0.1, -0.05) is 12.8 Å². The first-order valence-electron chi connectivity index (χ1n) is 13.9. The van der Waals surface area contributed by atoms with Crippen LogP contribution in [0, 0.1) is 6.92 Å². The van der Waals surface area contributed by atoms with Crippen molar-refractivity contribution in [1.29, 1.82) is 0 Å². The molecule has 41 heavy (non-hydrogen) atoms. The smallest absolute Gasteiger partial charge is 0.319 e. The monoisotopic (exact) mass is 600 g/mol. The van der Waals surface area contributed by atoms with Crippen LogP contribution in [0.15, 0.2) is 40.1 Å². The van der Waals surface area contributed by atoms with E-state index in [1.807, 2.05) is 18.2 Å². The number of aliphatic hydroxyl groups is 1. The number of nitrogens with one attached hydrogen (secondary N) is 2. The number of carbonyl (C=O) groups is 1. The number of benzene rings is 1. The van der Waals surface area contributed by atoms with Crippen LogP contribution in [0.5, 0.6) is 0 Å². The Hall–Kier alpha value is -3.13. The van der Waals surface area contributed by atoms with Gasteiger partial charge in [-0.3, -0.25) is 0 Å². The van der Waals surface area contributed by atoms with Crippen LogP contribution in [-0.2, 0) is 19.3 Å². The van der Waals surface area contributed by atoms with Crippen molar-refractivity contribution in [2.24, 2.45) is 0 Å². The number of hydrogen-bond acceptors (Lipinski definition) is 10. The van der Waals surface area contributed by atoms with Crippen LogP contribution >= 0.6 is 11.3 Å².